The molecule has 2 aliphatic rings. The first-order valence-electron chi connectivity index (χ1n) is 13.1. The van der Waals surface area contributed by atoms with Crippen molar-refractivity contribution >= 4 is 11.6 Å². The number of rotatable bonds is 9. The van der Waals surface area contributed by atoms with Crippen LogP contribution in [0.1, 0.15) is 44.2 Å². The van der Waals surface area contributed by atoms with E-state index in [0.717, 1.165) is 38.9 Å². The SMILES string of the molecule is CCCN1CCC(N2CC(F)(C(=O)N(Cc3ccc(-c4nnc(C(F)F)o4)cn3)c3cccc(F)c3)C2)CC1. The molecule has 12 heteroatoms. The molecule has 0 bridgehead atoms. The van der Waals surface area contributed by atoms with Gasteiger partial charge < -0.3 is 14.2 Å². The molecule has 2 saturated heterocycles. The second kappa shape index (κ2) is 11.4. The van der Waals surface area contributed by atoms with Crippen LogP contribution in [0.15, 0.2) is 47.0 Å². The van der Waals surface area contributed by atoms with E-state index in [4.69, 9.17) is 4.42 Å². The van der Waals surface area contributed by atoms with Gasteiger partial charge in [0.2, 0.25) is 11.6 Å². The van der Waals surface area contributed by atoms with E-state index >= 15 is 4.39 Å². The number of alkyl halides is 3. The van der Waals surface area contributed by atoms with Crippen molar-refractivity contribution in [2.45, 2.75) is 50.9 Å². The summed E-state index contributed by atoms with van der Waals surface area (Å²) in [6.07, 6.45) is 1.42. The Morgan fingerprint density at radius 3 is 2.56 bits per heavy atom. The van der Waals surface area contributed by atoms with Gasteiger partial charge in [0.05, 0.1) is 17.8 Å². The van der Waals surface area contributed by atoms with Crippen molar-refractivity contribution < 1.29 is 26.8 Å². The van der Waals surface area contributed by atoms with E-state index in [0.29, 0.717) is 11.3 Å². The minimum Gasteiger partial charge on any atom is -0.415 e. The number of pyridine rings is 1. The Morgan fingerprint density at radius 2 is 1.95 bits per heavy atom. The van der Waals surface area contributed by atoms with Crippen LogP contribution >= 0.6 is 0 Å². The number of benzene rings is 1. The van der Waals surface area contributed by atoms with Gasteiger partial charge in [0, 0.05) is 31.0 Å². The van der Waals surface area contributed by atoms with Crippen LogP contribution in [0.5, 0.6) is 0 Å². The monoisotopic (exact) mass is 546 g/mol. The number of hydrogen-bond donors (Lipinski definition) is 0. The van der Waals surface area contributed by atoms with Gasteiger partial charge in [-0.25, -0.2) is 8.78 Å². The van der Waals surface area contributed by atoms with Gasteiger partial charge in [0.15, 0.2) is 0 Å². The van der Waals surface area contributed by atoms with Gasteiger partial charge in [-0.3, -0.25) is 14.7 Å². The number of anilines is 1. The molecular formula is C27H30F4N6O2. The summed E-state index contributed by atoms with van der Waals surface area (Å²) in [5.41, 5.74) is -1.19. The number of piperidine rings is 1. The Labute approximate surface area is 223 Å². The van der Waals surface area contributed by atoms with E-state index in [9.17, 15) is 18.0 Å². The highest BCUT2D eigenvalue weighted by molar-refractivity contribution is 6.00. The lowest BCUT2D eigenvalue weighted by molar-refractivity contribution is -0.146. The predicted octanol–water partition coefficient (Wildman–Crippen LogP) is 4.64. The molecule has 0 spiro atoms. The van der Waals surface area contributed by atoms with Crippen molar-refractivity contribution in [3.8, 4) is 11.5 Å². The molecule has 1 amide bonds. The third-order valence-corrected chi connectivity index (χ3v) is 7.29. The maximum absolute atomic E-state index is 15.9. The van der Waals surface area contributed by atoms with Gasteiger partial charge in [0.25, 0.3) is 11.8 Å². The van der Waals surface area contributed by atoms with E-state index in [-0.39, 0.29) is 37.3 Å². The average molecular weight is 547 g/mol. The fraction of sp³-hybridized carbons (Fsp3) is 0.481. The molecule has 208 valence electrons. The molecule has 0 aliphatic carbocycles. The van der Waals surface area contributed by atoms with Gasteiger partial charge in [-0.2, -0.15) is 8.78 Å². The normalized spacial score (nSPS) is 18.3. The fourth-order valence-corrected chi connectivity index (χ4v) is 5.23. The summed E-state index contributed by atoms with van der Waals surface area (Å²) in [5, 5.41) is 6.89. The van der Waals surface area contributed by atoms with E-state index in [1.165, 1.54) is 35.4 Å². The molecular weight excluding hydrogens is 516 g/mol. The standard InChI is InChI=1S/C27H30F4N6O2/c1-2-10-35-11-8-21(9-12-35)36-16-27(31,17-36)26(38)37(22-5-3-4-19(28)13-22)15-20-7-6-18(14-32-20)24-33-34-25(39-24)23(29)30/h3-7,13-14,21,23H,2,8-12,15-17H2,1H3. The molecule has 0 N–H and O–H groups in total. The van der Waals surface area contributed by atoms with Gasteiger partial charge >= 0.3 is 6.43 Å². The van der Waals surface area contributed by atoms with Crippen molar-refractivity contribution in [3.05, 3.63) is 60.0 Å². The number of halogens is 4. The maximum atomic E-state index is 15.9. The molecule has 2 aliphatic heterocycles. The number of likely N-dealkylation sites (tertiary alicyclic amines) is 2. The highest BCUT2D eigenvalue weighted by Crippen LogP contribution is 2.35. The van der Waals surface area contributed by atoms with Crippen LogP contribution < -0.4 is 4.90 Å². The molecule has 1 aromatic carbocycles. The van der Waals surface area contributed by atoms with E-state index in [2.05, 4.69) is 27.0 Å². The Hall–Kier alpha value is -3.38. The predicted molar refractivity (Wildman–Crippen MR) is 135 cm³/mol. The number of nitrogens with zero attached hydrogens (tertiary/aromatic N) is 6. The molecule has 2 aromatic heterocycles. The largest absolute Gasteiger partial charge is 0.415 e. The van der Waals surface area contributed by atoms with Crippen molar-refractivity contribution in [2.24, 2.45) is 0 Å². The van der Waals surface area contributed by atoms with E-state index in [1.54, 1.807) is 12.1 Å². The molecule has 3 aromatic rings. The average Bonchev–Trinajstić information content (AvgIpc) is 3.42. The number of amides is 1. The zero-order chi connectivity index (χ0) is 27.6. The van der Waals surface area contributed by atoms with Crippen LogP contribution in [0.2, 0.25) is 0 Å². The van der Waals surface area contributed by atoms with E-state index < -0.39 is 29.7 Å². The minimum atomic E-state index is -2.89. The highest BCUT2D eigenvalue weighted by atomic mass is 19.3. The summed E-state index contributed by atoms with van der Waals surface area (Å²) in [4.78, 5) is 23.5. The molecule has 2 fully saturated rings. The molecule has 8 nitrogen and oxygen atoms in total. The van der Waals surface area contributed by atoms with Gasteiger partial charge in [-0.1, -0.05) is 13.0 Å². The van der Waals surface area contributed by atoms with Crippen LogP contribution in [-0.4, -0.2) is 75.3 Å². The molecule has 0 unspecified atom stereocenters. The molecule has 5 rings (SSSR count). The highest BCUT2D eigenvalue weighted by Gasteiger charge is 2.54. The Bertz CT molecular complexity index is 1270. The summed E-state index contributed by atoms with van der Waals surface area (Å²) in [6, 6.07) is 8.74. The summed E-state index contributed by atoms with van der Waals surface area (Å²) < 4.78 is 60.5. The topological polar surface area (TPSA) is 78.6 Å². The quantitative estimate of drug-likeness (QED) is 0.362. The molecule has 0 atom stereocenters. The van der Waals surface area contributed by atoms with Gasteiger partial charge in [-0.15, -0.1) is 10.2 Å². The zero-order valence-electron chi connectivity index (χ0n) is 21.6. The van der Waals surface area contributed by atoms with E-state index in [1.807, 2.05) is 4.90 Å². The van der Waals surface area contributed by atoms with Crippen molar-refractivity contribution in [1.29, 1.82) is 0 Å². The van der Waals surface area contributed by atoms with Crippen LogP contribution in [0.3, 0.4) is 0 Å². The Balaban J connectivity index is 1.29. The molecule has 4 heterocycles. The smallest absolute Gasteiger partial charge is 0.314 e. The number of carbonyl (C=O) groups excluding carboxylic acids is 1. The fourth-order valence-electron chi connectivity index (χ4n) is 5.23. The zero-order valence-corrected chi connectivity index (χ0v) is 21.6. The summed E-state index contributed by atoms with van der Waals surface area (Å²) in [5.74, 6) is -2.23. The number of hydrogen-bond acceptors (Lipinski definition) is 7. The first-order valence-corrected chi connectivity index (χ1v) is 13.1. The van der Waals surface area contributed by atoms with Crippen LogP contribution in [0.25, 0.3) is 11.5 Å². The lowest BCUT2D eigenvalue weighted by Crippen LogP contribution is -2.69. The lowest BCUT2D eigenvalue weighted by atomic mass is 9.89. The van der Waals surface area contributed by atoms with Crippen LogP contribution in [0, 0.1) is 5.82 Å². The minimum absolute atomic E-state index is 0.00784. The van der Waals surface area contributed by atoms with Gasteiger partial charge in [-0.05, 0) is 69.2 Å². The van der Waals surface area contributed by atoms with Crippen LogP contribution in [-0.2, 0) is 11.3 Å². The summed E-state index contributed by atoms with van der Waals surface area (Å²) in [7, 11) is 0. The summed E-state index contributed by atoms with van der Waals surface area (Å²) in [6.45, 7) is 5.01. The molecule has 0 saturated carbocycles. The Kier molecular flexibility index (Phi) is 7.94. The third kappa shape index (κ3) is 5.96. The Morgan fingerprint density at radius 1 is 1.18 bits per heavy atom. The maximum Gasteiger partial charge on any atom is 0.314 e. The second-order valence-electron chi connectivity index (χ2n) is 10.1. The first-order chi connectivity index (χ1) is 18.8. The molecule has 0 radical (unpaired) electrons. The number of carbonyl (C=O) groups is 1. The van der Waals surface area contributed by atoms with Crippen molar-refractivity contribution in [1.82, 2.24) is 25.0 Å². The second-order valence-corrected chi connectivity index (χ2v) is 10.1. The third-order valence-electron chi connectivity index (χ3n) is 7.29. The van der Waals surface area contributed by atoms with Crippen molar-refractivity contribution in [2.75, 3.05) is 37.6 Å². The van der Waals surface area contributed by atoms with Gasteiger partial charge in [0.1, 0.15) is 5.82 Å². The molecule has 39 heavy (non-hydrogen) atoms. The first kappa shape index (κ1) is 27.2. The number of aromatic nitrogens is 3. The van der Waals surface area contributed by atoms with Crippen molar-refractivity contribution in [3.63, 3.8) is 0 Å². The summed E-state index contributed by atoms with van der Waals surface area (Å²) >= 11 is 0. The lowest BCUT2D eigenvalue weighted by Gasteiger charge is -2.50. The van der Waals surface area contributed by atoms with Crippen LogP contribution in [0.4, 0.5) is 23.2 Å².